The molecule has 1 aliphatic carbocycles. The van der Waals surface area contributed by atoms with Gasteiger partial charge in [-0.15, -0.1) is 0 Å². The number of hydrogen-bond acceptors (Lipinski definition) is 3. The topological polar surface area (TPSA) is 49.4 Å². The molecule has 3 aliphatic rings. The molecule has 0 aromatic heterocycles. The van der Waals surface area contributed by atoms with Gasteiger partial charge in [0, 0.05) is 43.9 Å². The molecule has 0 aromatic carbocycles. The average molecular weight is 250 g/mol. The van der Waals surface area contributed by atoms with Gasteiger partial charge in [-0.1, -0.05) is 6.42 Å². The molecule has 1 saturated carbocycles. The smallest absolute Gasteiger partial charge is 0.221 e. The molecular formula is C14H22N2O2. The van der Waals surface area contributed by atoms with E-state index in [4.69, 9.17) is 0 Å². The molecule has 100 valence electrons. The first-order valence-electron chi connectivity index (χ1n) is 7.29. The highest BCUT2D eigenvalue weighted by molar-refractivity contribution is 5.81. The fraction of sp³-hybridized carbons (Fsp3) is 0.857. The maximum absolute atomic E-state index is 11.7. The summed E-state index contributed by atoms with van der Waals surface area (Å²) in [6.45, 7) is 0.834. The summed E-state index contributed by atoms with van der Waals surface area (Å²) in [5.41, 5.74) is 0. The molecule has 3 rings (SSSR count). The second-order valence-electron chi connectivity index (χ2n) is 6.02. The molecule has 4 heteroatoms. The van der Waals surface area contributed by atoms with E-state index < -0.39 is 0 Å². The zero-order chi connectivity index (χ0) is 12.5. The Kier molecular flexibility index (Phi) is 3.37. The lowest BCUT2D eigenvalue weighted by molar-refractivity contribution is -0.127. The zero-order valence-corrected chi connectivity index (χ0v) is 10.9. The Morgan fingerprint density at radius 3 is 2.44 bits per heavy atom. The number of nitrogens with zero attached hydrogens (tertiary/aromatic N) is 1. The van der Waals surface area contributed by atoms with E-state index in [0.717, 1.165) is 32.2 Å². The maximum Gasteiger partial charge on any atom is 0.221 e. The van der Waals surface area contributed by atoms with E-state index in [1.807, 2.05) is 0 Å². The highest BCUT2D eigenvalue weighted by Crippen LogP contribution is 2.32. The molecule has 0 radical (unpaired) electrons. The number of fused-ring (bicyclic) bond motifs is 2. The number of Topliss-reactive ketones (excluding diaryl/α,β-unsaturated/α-hetero) is 1. The van der Waals surface area contributed by atoms with Gasteiger partial charge in [0.25, 0.3) is 0 Å². The first kappa shape index (κ1) is 12.2. The van der Waals surface area contributed by atoms with Crippen molar-refractivity contribution in [2.75, 3.05) is 6.54 Å². The number of hydrogen-bond donors (Lipinski definition) is 1. The lowest BCUT2D eigenvalue weighted by Crippen LogP contribution is -2.53. The van der Waals surface area contributed by atoms with Crippen LogP contribution in [0.15, 0.2) is 0 Å². The molecule has 4 nitrogen and oxygen atoms in total. The summed E-state index contributed by atoms with van der Waals surface area (Å²) in [5.74, 6) is 0.607. The van der Waals surface area contributed by atoms with Gasteiger partial charge >= 0.3 is 0 Å². The SMILES string of the molecule is O=C1CC2CCCC(C1)N2CCC(=O)NC1CC1. The number of piperidine rings is 2. The Hall–Kier alpha value is -0.900. The van der Waals surface area contributed by atoms with Crippen LogP contribution in [0.2, 0.25) is 0 Å². The minimum Gasteiger partial charge on any atom is -0.353 e. The molecule has 0 spiro atoms. The van der Waals surface area contributed by atoms with Gasteiger partial charge in [0.2, 0.25) is 5.91 Å². The first-order chi connectivity index (χ1) is 8.72. The third-order valence-corrected chi connectivity index (χ3v) is 4.48. The number of carbonyl (C=O) groups excluding carboxylic acids is 2. The van der Waals surface area contributed by atoms with Crippen molar-refractivity contribution in [3.63, 3.8) is 0 Å². The highest BCUT2D eigenvalue weighted by Gasteiger charge is 2.37. The first-order valence-corrected chi connectivity index (χ1v) is 7.29. The minimum absolute atomic E-state index is 0.187. The van der Waals surface area contributed by atoms with Gasteiger partial charge in [-0.3, -0.25) is 14.5 Å². The largest absolute Gasteiger partial charge is 0.353 e. The van der Waals surface area contributed by atoms with Crippen LogP contribution in [0.4, 0.5) is 0 Å². The number of ketones is 1. The predicted octanol–water partition coefficient (Wildman–Crippen LogP) is 1.24. The molecule has 2 heterocycles. The van der Waals surface area contributed by atoms with E-state index in [-0.39, 0.29) is 5.91 Å². The van der Waals surface area contributed by atoms with Crippen LogP contribution in [0.3, 0.4) is 0 Å². The second-order valence-corrected chi connectivity index (χ2v) is 6.02. The predicted molar refractivity (Wildman–Crippen MR) is 68.2 cm³/mol. The van der Waals surface area contributed by atoms with Crippen LogP contribution in [0.25, 0.3) is 0 Å². The molecular weight excluding hydrogens is 228 g/mol. The van der Waals surface area contributed by atoms with Gasteiger partial charge in [0.05, 0.1) is 0 Å². The quantitative estimate of drug-likeness (QED) is 0.816. The molecule has 3 fully saturated rings. The van der Waals surface area contributed by atoms with Gasteiger partial charge in [-0.2, -0.15) is 0 Å². The van der Waals surface area contributed by atoms with Gasteiger partial charge in [-0.05, 0) is 25.7 Å². The molecule has 2 atom stereocenters. The Bertz CT molecular complexity index is 336. The molecule has 2 aliphatic heterocycles. The third-order valence-electron chi connectivity index (χ3n) is 4.48. The summed E-state index contributed by atoms with van der Waals surface area (Å²) in [4.78, 5) is 25.8. The third kappa shape index (κ3) is 2.74. The summed E-state index contributed by atoms with van der Waals surface area (Å²) >= 11 is 0. The zero-order valence-electron chi connectivity index (χ0n) is 10.9. The van der Waals surface area contributed by atoms with E-state index >= 15 is 0 Å². The summed E-state index contributed by atoms with van der Waals surface area (Å²) < 4.78 is 0. The van der Waals surface area contributed by atoms with Crippen LogP contribution < -0.4 is 5.32 Å². The summed E-state index contributed by atoms with van der Waals surface area (Å²) in [7, 11) is 0. The fourth-order valence-electron chi connectivity index (χ4n) is 3.39. The molecule has 2 saturated heterocycles. The Balaban J connectivity index is 1.51. The highest BCUT2D eigenvalue weighted by atomic mass is 16.1. The van der Waals surface area contributed by atoms with Crippen LogP contribution in [-0.2, 0) is 9.59 Å². The molecule has 2 bridgehead atoms. The van der Waals surface area contributed by atoms with Crippen LogP contribution in [0.1, 0.15) is 51.4 Å². The summed E-state index contributed by atoms with van der Waals surface area (Å²) in [5, 5.41) is 3.04. The van der Waals surface area contributed by atoms with Gasteiger partial charge in [-0.25, -0.2) is 0 Å². The maximum atomic E-state index is 11.7. The van der Waals surface area contributed by atoms with Crippen molar-refractivity contribution in [3.8, 4) is 0 Å². The Labute approximate surface area is 108 Å². The van der Waals surface area contributed by atoms with E-state index in [2.05, 4.69) is 10.2 Å². The summed E-state index contributed by atoms with van der Waals surface area (Å²) in [6.07, 6.45) is 7.82. The number of rotatable bonds is 4. The van der Waals surface area contributed by atoms with E-state index in [1.54, 1.807) is 0 Å². The molecule has 1 amide bonds. The van der Waals surface area contributed by atoms with E-state index in [9.17, 15) is 9.59 Å². The fourth-order valence-corrected chi connectivity index (χ4v) is 3.39. The van der Waals surface area contributed by atoms with Crippen molar-refractivity contribution in [2.45, 2.75) is 69.5 Å². The minimum atomic E-state index is 0.187. The second kappa shape index (κ2) is 5.00. The standard InChI is InChI=1S/C14H22N2O2/c17-13-8-11-2-1-3-12(9-13)16(11)7-6-14(18)15-10-4-5-10/h10-12H,1-9H2,(H,15,18). The van der Waals surface area contributed by atoms with Gasteiger partial charge < -0.3 is 5.32 Å². The number of amides is 1. The van der Waals surface area contributed by atoms with Crippen molar-refractivity contribution in [1.29, 1.82) is 0 Å². The van der Waals surface area contributed by atoms with Crippen LogP contribution in [0, 0.1) is 0 Å². The van der Waals surface area contributed by atoms with Crippen molar-refractivity contribution < 1.29 is 9.59 Å². The van der Waals surface area contributed by atoms with Gasteiger partial charge in [0.15, 0.2) is 0 Å². The molecule has 0 aromatic rings. The van der Waals surface area contributed by atoms with E-state index in [0.29, 0.717) is 43.2 Å². The monoisotopic (exact) mass is 250 g/mol. The van der Waals surface area contributed by atoms with Crippen LogP contribution in [0.5, 0.6) is 0 Å². The van der Waals surface area contributed by atoms with Crippen molar-refractivity contribution in [3.05, 3.63) is 0 Å². The molecule has 2 unspecified atom stereocenters. The van der Waals surface area contributed by atoms with Crippen LogP contribution in [-0.4, -0.2) is 41.3 Å². The number of carbonyl (C=O) groups is 2. The van der Waals surface area contributed by atoms with Crippen molar-refractivity contribution in [1.82, 2.24) is 10.2 Å². The van der Waals surface area contributed by atoms with Crippen molar-refractivity contribution in [2.24, 2.45) is 0 Å². The molecule has 18 heavy (non-hydrogen) atoms. The van der Waals surface area contributed by atoms with E-state index in [1.165, 1.54) is 6.42 Å². The Morgan fingerprint density at radius 1 is 1.17 bits per heavy atom. The molecule has 1 N–H and O–H groups in total. The van der Waals surface area contributed by atoms with Crippen LogP contribution >= 0.6 is 0 Å². The lowest BCUT2D eigenvalue weighted by Gasteiger charge is -2.45. The summed E-state index contributed by atoms with van der Waals surface area (Å²) in [6, 6.07) is 1.29. The van der Waals surface area contributed by atoms with Gasteiger partial charge in [0.1, 0.15) is 5.78 Å². The van der Waals surface area contributed by atoms with Crippen molar-refractivity contribution >= 4 is 11.7 Å². The number of nitrogens with one attached hydrogen (secondary N) is 1. The Morgan fingerprint density at radius 2 is 1.83 bits per heavy atom. The lowest BCUT2D eigenvalue weighted by atomic mass is 9.83. The average Bonchev–Trinajstić information content (AvgIpc) is 3.10. The normalized spacial score (nSPS) is 32.3.